The number of halogens is 3. The Morgan fingerprint density at radius 3 is 2.95 bits per heavy atom. The van der Waals surface area contributed by atoms with E-state index in [0.29, 0.717) is 24.7 Å². The summed E-state index contributed by atoms with van der Waals surface area (Å²) in [5, 5.41) is 3.00. The van der Waals surface area contributed by atoms with Gasteiger partial charge in [-0.3, -0.25) is 4.90 Å². The van der Waals surface area contributed by atoms with Crippen molar-refractivity contribution in [2.75, 3.05) is 13.6 Å². The zero-order valence-corrected chi connectivity index (χ0v) is 13.0. The van der Waals surface area contributed by atoms with Gasteiger partial charge in [-0.15, -0.1) is 11.3 Å². The molecule has 2 aromatic heterocycles. The minimum atomic E-state index is -4.36. The average Bonchev–Trinajstić information content (AvgIpc) is 3.06. The fourth-order valence-electron chi connectivity index (χ4n) is 2.87. The topological polar surface area (TPSA) is 34.0 Å². The second kappa shape index (κ2) is 6.00. The van der Waals surface area contributed by atoms with Crippen LogP contribution in [0.2, 0.25) is 0 Å². The number of imidazole rings is 1. The van der Waals surface area contributed by atoms with Gasteiger partial charge in [0.05, 0.1) is 6.54 Å². The van der Waals surface area contributed by atoms with Gasteiger partial charge in [-0.2, -0.15) is 13.2 Å². The first kappa shape index (κ1) is 15.5. The number of fused-ring (bicyclic) bond motifs is 1. The van der Waals surface area contributed by atoms with Gasteiger partial charge in [0, 0.05) is 37.3 Å². The summed E-state index contributed by atoms with van der Waals surface area (Å²) < 4.78 is 39.8. The van der Waals surface area contributed by atoms with E-state index in [9.17, 15) is 13.2 Å². The highest BCUT2D eigenvalue weighted by Crippen LogP contribution is 2.30. The van der Waals surface area contributed by atoms with Gasteiger partial charge < -0.3 is 4.57 Å². The number of aromatic nitrogens is 3. The molecule has 3 heterocycles. The molecule has 3 rings (SSSR count). The van der Waals surface area contributed by atoms with Crippen molar-refractivity contribution in [1.82, 2.24) is 19.4 Å². The van der Waals surface area contributed by atoms with Crippen LogP contribution in [0.15, 0.2) is 17.8 Å². The Morgan fingerprint density at radius 1 is 1.45 bits per heavy atom. The fourth-order valence-corrected chi connectivity index (χ4v) is 3.56. The monoisotopic (exact) mass is 330 g/mol. The Morgan fingerprint density at radius 2 is 2.27 bits per heavy atom. The molecule has 8 heteroatoms. The molecule has 22 heavy (non-hydrogen) atoms. The largest absolute Gasteiger partial charge is 0.434 e. The lowest BCUT2D eigenvalue weighted by atomic mass is 9.99. The number of aryl methyl sites for hydroxylation is 1. The molecule has 1 atom stereocenters. The first-order valence-corrected chi connectivity index (χ1v) is 8.00. The molecule has 120 valence electrons. The van der Waals surface area contributed by atoms with Crippen LogP contribution in [0.5, 0.6) is 0 Å². The number of alkyl halides is 3. The molecule has 0 amide bonds. The van der Waals surface area contributed by atoms with Gasteiger partial charge in [0.2, 0.25) is 0 Å². The van der Waals surface area contributed by atoms with Crippen LogP contribution in [-0.2, 0) is 25.7 Å². The van der Waals surface area contributed by atoms with E-state index in [4.69, 9.17) is 0 Å². The van der Waals surface area contributed by atoms with Crippen molar-refractivity contribution >= 4 is 11.3 Å². The molecule has 0 fully saturated rings. The minimum absolute atomic E-state index is 0.341. The van der Waals surface area contributed by atoms with Crippen LogP contribution in [0, 0.1) is 5.92 Å². The van der Waals surface area contributed by atoms with Crippen molar-refractivity contribution < 1.29 is 13.2 Å². The van der Waals surface area contributed by atoms with Crippen LogP contribution in [-0.4, -0.2) is 33.0 Å². The van der Waals surface area contributed by atoms with Crippen molar-refractivity contribution in [3.05, 3.63) is 34.3 Å². The van der Waals surface area contributed by atoms with Gasteiger partial charge >= 0.3 is 6.18 Å². The summed E-state index contributed by atoms with van der Waals surface area (Å²) in [5.41, 5.74) is -0.778. The lowest BCUT2D eigenvalue weighted by Crippen LogP contribution is -2.31. The van der Waals surface area contributed by atoms with E-state index in [1.165, 1.54) is 0 Å². The van der Waals surface area contributed by atoms with Gasteiger partial charge in [-0.05, 0) is 19.4 Å². The van der Waals surface area contributed by atoms with Crippen LogP contribution in [0.3, 0.4) is 0 Å². The standard InChI is InChI=1S/C14H17F3N4S/c1-20(9-13-18-4-5-22-13)6-10-2-3-12-19-11(14(15,16)17)8-21(12)7-10/h4-5,8,10H,2-3,6-7,9H2,1H3/t10-/m0/s1. The Balaban J connectivity index is 1.60. The highest BCUT2D eigenvalue weighted by molar-refractivity contribution is 7.09. The quantitative estimate of drug-likeness (QED) is 0.864. The van der Waals surface area contributed by atoms with Crippen molar-refractivity contribution in [3.63, 3.8) is 0 Å². The van der Waals surface area contributed by atoms with Crippen LogP contribution >= 0.6 is 11.3 Å². The second-order valence-electron chi connectivity index (χ2n) is 5.72. The van der Waals surface area contributed by atoms with Crippen molar-refractivity contribution in [2.24, 2.45) is 5.92 Å². The predicted molar refractivity (Wildman–Crippen MR) is 77.5 cm³/mol. The second-order valence-corrected chi connectivity index (χ2v) is 6.70. The average molecular weight is 330 g/mol. The van der Waals surface area contributed by atoms with Gasteiger partial charge in [0.25, 0.3) is 0 Å². The maximum Gasteiger partial charge on any atom is 0.434 e. The van der Waals surface area contributed by atoms with Crippen molar-refractivity contribution in [1.29, 1.82) is 0 Å². The molecule has 0 spiro atoms. The maximum absolute atomic E-state index is 12.7. The smallest absolute Gasteiger partial charge is 0.334 e. The number of hydrogen-bond acceptors (Lipinski definition) is 4. The molecule has 0 N–H and O–H groups in total. The van der Waals surface area contributed by atoms with Gasteiger partial charge in [-0.1, -0.05) is 0 Å². The zero-order valence-electron chi connectivity index (χ0n) is 12.2. The van der Waals surface area contributed by atoms with E-state index >= 15 is 0 Å². The third-order valence-corrected chi connectivity index (χ3v) is 4.60. The van der Waals surface area contributed by atoms with E-state index in [0.717, 1.165) is 30.7 Å². The van der Waals surface area contributed by atoms with Crippen molar-refractivity contribution in [3.8, 4) is 0 Å². The van der Waals surface area contributed by atoms with Crippen LogP contribution in [0.25, 0.3) is 0 Å². The van der Waals surface area contributed by atoms with E-state index in [2.05, 4.69) is 14.9 Å². The minimum Gasteiger partial charge on any atom is -0.334 e. The summed E-state index contributed by atoms with van der Waals surface area (Å²) in [6.45, 7) is 2.22. The summed E-state index contributed by atoms with van der Waals surface area (Å²) >= 11 is 1.61. The third kappa shape index (κ3) is 3.49. The van der Waals surface area contributed by atoms with Crippen LogP contribution < -0.4 is 0 Å². The summed E-state index contributed by atoms with van der Waals surface area (Å²) in [6, 6.07) is 0. The third-order valence-electron chi connectivity index (χ3n) is 3.84. The Hall–Kier alpha value is -1.41. The Kier molecular flexibility index (Phi) is 4.22. The van der Waals surface area contributed by atoms with Crippen LogP contribution in [0.1, 0.15) is 22.9 Å². The Labute approximate surface area is 130 Å². The van der Waals surface area contributed by atoms with E-state index in [1.807, 2.05) is 12.4 Å². The van der Waals surface area contributed by atoms with Gasteiger partial charge in [-0.25, -0.2) is 9.97 Å². The zero-order chi connectivity index (χ0) is 15.7. The molecular weight excluding hydrogens is 313 g/mol. The van der Waals surface area contributed by atoms with Gasteiger partial charge in [0.15, 0.2) is 5.69 Å². The van der Waals surface area contributed by atoms with E-state index in [-0.39, 0.29) is 0 Å². The summed E-state index contributed by atoms with van der Waals surface area (Å²) in [4.78, 5) is 10.1. The number of nitrogens with zero attached hydrogens (tertiary/aromatic N) is 4. The van der Waals surface area contributed by atoms with Crippen LogP contribution in [0.4, 0.5) is 13.2 Å². The summed E-state index contributed by atoms with van der Waals surface area (Å²) in [5.74, 6) is 0.888. The molecule has 4 nitrogen and oxygen atoms in total. The molecule has 0 bridgehead atoms. The first-order chi connectivity index (χ1) is 10.4. The predicted octanol–water partition coefficient (Wildman–Crippen LogP) is 3.05. The first-order valence-electron chi connectivity index (χ1n) is 7.12. The molecule has 0 unspecified atom stereocenters. The number of thiazole rings is 1. The fraction of sp³-hybridized carbons (Fsp3) is 0.571. The Bertz CT molecular complexity index is 621. The molecule has 0 radical (unpaired) electrons. The normalized spacial score (nSPS) is 18.7. The SMILES string of the molecule is CN(Cc1nccs1)C[C@@H]1CCc2nc(C(F)(F)F)cn2C1. The molecule has 0 aromatic carbocycles. The summed E-state index contributed by atoms with van der Waals surface area (Å²) in [6.07, 6.45) is 0.0387. The molecule has 1 aliphatic rings. The molecule has 1 aliphatic heterocycles. The molecule has 0 aliphatic carbocycles. The number of rotatable bonds is 4. The molecular formula is C14H17F3N4S. The van der Waals surface area contributed by atoms with E-state index < -0.39 is 11.9 Å². The van der Waals surface area contributed by atoms with Gasteiger partial charge in [0.1, 0.15) is 10.8 Å². The highest BCUT2D eigenvalue weighted by atomic mass is 32.1. The maximum atomic E-state index is 12.7. The molecule has 0 saturated carbocycles. The lowest BCUT2D eigenvalue weighted by Gasteiger charge is -2.27. The number of hydrogen-bond donors (Lipinski definition) is 0. The highest BCUT2D eigenvalue weighted by Gasteiger charge is 2.35. The van der Waals surface area contributed by atoms with E-state index in [1.54, 1.807) is 22.1 Å². The van der Waals surface area contributed by atoms with Crippen molar-refractivity contribution in [2.45, 2.75) is 32.1 Å². The molecule has 2 aromatic rings. The summed E-state index contributed by atoms with van der Waals surface area (Å²) in [7, 11) is 2.02. The lowest BCUT2D eigenvalue weighted by molar-refractivity contribution is -0.141. The molecule has 0 saturated heterocycles.